The summed E-state index contributed by atoms with van der Waals surface area (Å²) in [6, 6.07) is 0.550. The van der Waals surface area contributed by atoms with Crippen LogP contribution in [-0.2, 0) is 13.5 Å². The lowest BCUT2D eigenvalue weighted by molar-refractivity contribution is 0.221. The molecule has 1 N–H and O–H groups in total. The fourth-order valence-corrected chi connectivity index (χ4v) is 2.64. The maximum atomic E-state index is 4.54. The van der Waals surface area contributed by atoms with Crippen LogP contribution >= 0.6 is 0 Å². The van der Waals surface area contributed by atoms with E-state index in [0.717, 1.165) is 18.9 Å². The van der Waals surface area contributed by atoms with Crippen LogP contribution in [0.4, 0.5) is 0 Å². The van der Waals surface area contributed by atoms with Crippen LogP contribution in [0.25, 0.3) is 0 Å². The number of hydrogen-bond donors (Lipinski definition) is 1. The van der Waals surface area contributed by atoms with Crippen LogP contribution < -0.4 is 5.32 Å². The molecule has 3 nitrogen and oxygen atoms in total. The SMILES string of the molecule is Cn1cnc2c1CCNC2C1CCC1. The smallest absolute Gasteiger partial charge is 0.0949 e. The Morgan fingerprint density at radius 2 is 2.36 bits per heavy atom. The predicted molar refractivity (Wildman–Crippen MR) is 55.0 cm³/mol. The van der Waals surface area contributed by atoms with Crippen LogP contribution in [0.1, 0.15) is 36.7 Å². The number of hydrogen-bond acceptors (Lipinski definition) is 2. The third-order valence-electron chi connectivity index (χ3n) is 3.73. The van der Waals surface area contributed by atoms with Crippen molar-refractivity contribution in [3.63, 3.8) is 0 Å². The molecule has 1 aromatic rings. The Bertz CT molecular complexity index is 338. The minimum atomic E-state index is 0.550. The highest BCUT2D eigenvalue weighted by atomic mass is 15.1. The van der Waals surface area contributed by atoms with Crippen molar-refractivity contribution >= 4 is 0 Å². The molecule has 0 spiro atoms. The summed E-state index contributed by atoms with van der Waals surface area (Å²) in [5.41, 5.74) is 2.77. The largest absolute Gasteiger partial charge is 0.337 e. The first-order chi connectivity index (χ1) is 6.86. The van der Waals surface area contributed by atoms with Crippen LogP contribution in [0.5, 0.6) is 0 Å². The van der Waals surface area contributed by atoms with Crippen molar-refractivity contribution in [2.45, 2.75) is 31.7 Å². The van der Waals surface area contributed by atoms with Crippen molar-refractivity contribution in [3.8, 4) is 0 Å². The zero-order valence-electron chi connectivity index (χ0n) is 8.66. The minimum Gasteiger partial charge on any atom is -0.337 e. The van der Waals surface area contributed by atoms with E-state index in [4.69, 9.17) is 0 Å². The maximum absolute atomic E-state index is 4.54. The Kier molecular flexibility index (Phi) is 1.87. The summed E-state index contributed by atoms with van der Waals surface area (Å²) in [6.07, 6.45) is 7.27. The van der Waals surface area contributed by atoms with Crippen LogP contribution in [-0.4, -0.2) is 16.1 Å². The fraction of sp³-hybridized carbons (Fsp3) is 0.727. The molecule has 1 unspecified atom stereocenters. The van der Waals surface area contributed by atoms with Gasteiger partial charge >= 0.3 is 0 Å². The van der Waals surface area contributed by atoms with Gasteiger partial charge in [0, 0.05) is 25.7 Å². The number of imidazole rings is 1. The third-order valence-corrected chi connectivity index (χ3v) is 3.73. The van der Waals surface area contributed by atoms with E-state index < -0.39 is 0 Å². The number of nitrogens with one attached hydrogen (secondary N) is 1. The van der Waals surface area contributed by atoms with Crippen LogP contribution in [0, 0.1) is 5.92 Å². The quantitative estimate of drug-likeness (QED) is 0.727. The number of aryl methyl sites for hydroxylation is 1. The molecular weight excluding hydrogens is 174 g/mol. The van der Waals surface area contributed by atoms with E-state index in [1.54, 1.807) is 0 Å². The average Bonchev–Trinajstić information content (AvgIpc) is 2.47. The summed E-state index contributed by atoms with van der Waals surface area (Å²) in [5, 5.41) is 3.61. The number of aromatic nitrogens is 2. The van der Waals surface area contributed by atoms with Gasteiger partial charge in [0.25, 0.3) is 0 Å². The molecule has 1 fully saturated rings. The second-order valence-electron chi connectivity index (χ2n) is 4.56. The summed E-state index contributed by atoms with van der Waals surface area (Å²) >= 11 is 0. The van der Waals surface area contributed by atoms with E-state index in [0.29, 0.717) is 6.04 Å². The number of fused-ring (bicyclic) bond motifs is 1. The molecule has 2 heterocycles. The lowest BCUT2D eigenvalue weighted by atomic mass is 9.77. The van der Waals surface area contributed by atoms with Crippen molar-refractivity contribution in [2.24, 2.45) is 13.0 Å². The Hall–Kier alpha value is -0.830. The van der Waals surface area contributed by atoms with Crippen molar-refractivity contribution in [1.82, 2.24) is 14.9 Å². The van der Waals surface area contributed by atoms with Gasteiger partial charge in [-0.2, -0.15) is 0 Å². The summed E-state index contributed by atoms with van der Waals surface area (Å²) in [6.45, 7) is 1.12. The molecule has 0 radical (unpaired) electrons. The Morgan fingerprint density at radius 3 is 3.07 bits per heavy atom. The molecule has 0 bridgehead atoms. The molecule has 1 saturated carbocycles. The average molecular weight is 191 g/mol. The van der Waals surface area contributed by atoms with Gasteiger partial charge in [-0.05, 0) is 18.8 Å². The van der Waals surface area contributed by atoms with Gasteiger partial charge in [0.2, 0.25) is 0 Å². The van der Waals surface area contributed by atoms with Gasteiger partial charge in [-0.1, -0.05) is 6.42 Å². The molecule has 0 aromatic carbocycles. The van der Waals surface area contributed by atoms with Gasteiger partial charge in [0.05, 0.1) is 18.1 Å². The van der Waals surface area contributed by atoms with Gasteiger partial charge in [0.1, 0.15) is 0 Å². The Morgan fingerprint density at radius 1 is 1.50 bits per heavy atom. The zero-order valence-corrected chi connectivity index (χ0v) is 8.66. The second kappa shape index (κ2) is 3.09. The van der Waals surface area contributed by atoms with Crippen molar-refractivity contribution in [2.75, 3.05) is 6.54 Å². The molecular formula is C11H17N3. The Labute approximate surface area is 84.5 Å². The molecule has 1 aliphatic heterocycles. The van der Waals surface area contributed by atoms with Crippen molar-refractivity contribution in [1.29, 1.82) is 0 Å². The lowest BCUT2D eigenvalue weighted by Gasteiger charge is -2.36. The minimum absolute atomic E-state index is 0.550. The van der Waals surface area contributed by atoms with Gasteiger partial charge in [-0.3, -0.25) is 0 Å². The summed E-state index contributed by atoms with van der Waals surface area (Å²) in [5.74, 6) is 0.851. The molecule has 14 heavy (non-hydrogen) atoms. The maximum Gasteiger partial charge on any atom is 0.0949 e. The van der Waals surface area contributed by atoms with Crippen LogP contribution in [0.15, 0.2) is 6.33 Å². The molecule has 3 rings (SSSR count). The standard InChI is InChI=1S/C11H17N3/c1-14-7-13-11-9(14)5-6-12-10(11)8-3-2-4-8/h7-8,10,12H,2-6H2,1H3. The second-order valence-corrected chi connectivity index (χ2v) is 4.56. The van der Waals surface area contributed by atoms with Gasteiger partial charge in [-0.15, -0.1) is 0 Å². The molecule has 0 saturated heterocycles. The summed E-state index contributed by atoms with van der Waals surface area (Å²) in [7, 11) is 2.11. The van der Waals surface area contributed by atoms with E-state index in [-0.39, 0.29) is 0 Å². The first-order valence-electron chi connectivity index (χ1n) is 5.60. The first kappa shape index (κ1) is 8.48. The van der Waals surface area contributed by atoms with E-state index in [1.807, 2.05) is 6.33 Å². The highest BCUT2D eigenvalue weighted by Gasteiger charge is 2.33. The molecule has 2 aliphatic rings. The van der Waals surface area contributed by atoms with E-state index >= 15 is 0 Å². The molecule has 76 valence electrons. The van der Waals surface area contributed by atoms with Crippen LogP contribution in [0.3, 0.4) is 0 Å². The first-order valence-corrected chi connectivity index (χ1v) is 5.60. The monoisotopic (exact) mass is 191 g/mol. The molecule has 1 atom stereocenters. The van der Waals surface area contributed by atoms with Gasteiger partial charge in [0.15, 0.2) is 0 Å². The van der Waals surface area contributed by atoms with Crippen molar-refractivity contribution in [3.05, 3.63) is 17.7 Å². The van der Waals surface area contributed by atoms with E-state index in [9.17, 15) is 0 Å². The van der Waals surface area contributed by atoms with E-state index in [2.05, 4.69) is 21.9 Å². The van der Waals surface area contributed by atoms with Crippen molar-refractivity contribution < 1.29 is 0 Å². The highest BCUT2D eigenvalue weighted by molar-refractivity contribution is 5.22. The fourth-order valence-electron chi connectivity index (χ4n) is 2.64. The summed E-state index contributed by atoms with van der Waals surface area (Å²) in [4.78, 5) is 4.54. The topological polar surface area (TPSA) is 29.9 Å². The normalized spacial score (nSPS) is 27.1. The lowest BCUT2D eigenvalue weighted by Crippen LogP contribution is -2.37. The third kappa shape index (κ3) is 1.12. The highest BCUT2D eigenvalue weighted by Crippen LogP contribution is 2.39. The molecule has 1 aliphatic carbocycles. The predicted octanol–water partition coefficient (Wildman–Crippen LogP) is 1.41. The molecule has 1 aromatic heterocycles. The van der Waals surface area contributed by atoms with Gasteiger partial charge < -0.3 is 9.88 Å². The van der Waals surface area contributed by atoms with E-state index in [1.165, 1.54) is 30.7 Å². The molecule has 0 amide bonds. The Balaban J connectivity index is 1.94. The number of rotatable bonds is 1. The van der Waals surface area contributed by atoms with Crippen LogP contribution in [0.2, 0.25) is 0 Å². The number of nitrogens with zero attached hydrogens (tertiary/aromatic N) is 2. The molecule has 3 heteroatoms. The van der Waals surface area contributed by atoms with Gasteiger partial charge in [-0.25, -0.2) is 4.98 Å². The zero-order chi connectivity index (χ0) is 9.54. The summed E-state index contributed by atoms with van der Waals surface area (Å²) < 4.78 is 2.18.